The van der Waals surface area contributed by atoms with Crippen LogP contribution < -0.4 is 11.1 Å². The zero-order valence-electron chi connectivity index (χ0n) is 24.5. The lowest BCUT2D eigenvalue weighted by molar-refractivity contribution is -0.0152. The van der Waals surface area contributed by atoms with E-state index in [9.17, 15) is 13.5 Å². The van der Waals surface area contributed by atoms with Crippen molar-refractivity contribution < 1.29 is 27.0 Å². The summed E-state index contributed by atoms with van der Waals surface area (Å²) >= 11 is 0. The number of nitrogens with two attached hydrogens (primary N) is 1. The largest absolute Gasteiger partial charge is 0.386 e. The molecule has 1 fully saturated rings. The lowest BCUT2D eigenvalue weighted by atomic mass is 9.74. The molecule has 3 aromatic heterocycles. The number of aliphatic hydroxyl groups is 1. The van der Waals surface area contributed by atoms with E-state index in [1.165, 1.54) is 30.7 Å². The summed E-state index contributed by atoms with van der Waals surface area (Å²) in [6, 6.07) is 7.02. The molecule has 43 heavy (non-hydrogen) atoms. The summed E-state index contributed by atoms with van der Waals surface area (Å²) in [6.07, 6.45) is 7.29. The highest BCUT2D eigenvalue weighted by Crippen LogP contribution is 2.40. The molecule has 0 unspecified atom stereocenters. The maximum Gasteiger partial charge on any atom is 0.229 e. The molecule has 1 aromatic carbocycles. The lowest BCUT2D eigenvalue weighted by Gasteiger charge is -2.39. The Kier molecular flexibility index (Phi) is 8.54. The normalized spacial score (nSPS) is 21.3. The molecule has 5 rings (SSSR count). The van der Waals surface area contributed by atoms with Gasteiger partial charge in [0, 0.05) is 18.5 Å². The van der Waals surface area contributed by atoms with Gasteiger partial charge < -0.3 is 20.9 Å². The Labute approximate surface area is 249 Å². The molecule has 3 heterocycles. The van der Waals surface area contributed by atoms with Gasteiger partial charge in [-0.25, -0.2) is 22.2 Å². The number of nitrogens with zero attached hydrogens (tertiary/aromatic N) is 4. The number of imidazole rings is 1. The first-order valence-electron chi connectivity index (χ1n) is 14.0. The van der Waals surface area contributed by atoms with Gasteiger partial charge in [-0.3, -0.25) is 4.98 Å². The summed E-state index contributed by atoms with van der Waals surface area (Å²) < 4.78 is 60.6. The highest BCUT2D eigenvalue weighted by Gasteiger charge is 2.36. The van der Waals surface area contributed by atoms with Crippen molar-refractivity contribution in [3.05, 3.63) is 71.7 Å². The van der Waals surface area contributed by atoms with Crippen LogP contribution in [0.2, 0.25) is 0 Å². The Morgan fingerprint density at radius 2 is 1.88 bits per heavy atom. The zero-order valence-corrected chi connectivity index (χ0v) is 25.3. The molecule has 1 saturated carbocycles. The van der Waals surface area contributed by atoms with Crippen LogP contribution in [0.3, 0.4) is 0 Å². The molecule has 0 spiro atoms. The number of pyridine rings is 1. The van der Waals surface area contributed by atoms with Gasteiger partial charge in [-0.05, 0) is 80.0 Å². The SMILES string of the molecule is C[C@H]1C[C@@H](c2ccncc2Nc2ncc3ccc(-c4c(F)cc(C(C)(C)O)cc4F)nn23)C[C@@H](N)[C@H]1OCCS(C)(=O)=O. The van der Waals surface area contributed by atoms with Crippen molar-refractivity contribution >= 4 is 27.0 Å². The van der Waals surface area contributed by atoms with E-state index >= 15 is 8.78 Å². The first kappa shape index (κ1) is 30.9. The zero-order chi connectivity index (χ0) is 31.1. The van der Waals surface area contributed by atoms with Crippen LogP contribution in [0.5, 0.6) is 0 Å². The number of sulfone groups is 1. The summed E-state index contributed by atoms with van der Waals surface area (Å²) in [6.45, 7) is 5.06. The van der Waals surface area contributed by atoms with E-state index in [1.54, 1.807) is 24.7 Å². The van der Waals surface area contributed by atoms with Gasteiger partial charge in [0.15, 0.2) is 0 Å². The number of nitrogens with one attached hydrogen (secondary N) is 1. The molecule has 1 aliphatic rings. The molecule has 230 valence electrons. The van der Waals surface area contributed by atoms with Crippen LogP contribution in [0.1, 0.15) is 50.7 Å². The van der Waals surface area contributed by atoms with Gasteiger partial charge in [-0.15, -0.1) is 0 Å². The monoisotopic (exact) mass is 614 g/mol. The highest BCUT2D eigenvalue weighted by atomic mass is 32.2. The van der Waals surface area contributed by atoms with Gasteiger partial charge >= 0.3 is 0 Å². The van der Waals surface area contributed by atoms with E-state index in [4.69, 9.17) is 10.5 Å². The van der Waals surface area contributed by atoms with Crippen LogP contribution in [-0.4, -0.2) is 63.9 Å². The average molecular weight is 615 g/mol. The molecule has 0 bridgehead atoms. The average Bonchev–Trinajstić information content (AvgIpc) is 3.31. The molecule has 13 heteroatoms. The molecular formula is C30H36F2N6O4S. The molecule has 0 amide bonds. The van der Waals surface area contributed by atoms with E-state index in [0.29, 0.717) is 23.6 Å². The second-order valence-electron chi connectivity index (χ2n) is 11.9. The molecule has 4 aromatic rings. The lowest BCUT2D eigenvalue weighted by Crippen LogP contribution is -2.47. The number of halogens is 2. The number of hydrogen-bond acceptors (Lipinski definition) is 9. The number of benzene rings is 1. The van der Waals surface area contributed by atoms with Crippen molar-refractivity contribution in [1.29, 1.82) is 0 Å². The second kappa shape index (κ2) is 11.9. The van der Waals surface area contributed by atoms with Crippen LogP contribution in [0.25, 0.3) is 16.8 Å². The number of fused-ring (bicyclic) bond motifs is 1. The first-order chi connectivity index (χ1) is 20.2. The molecule has 0 aliphatic heterocycles. The maximum atomic E-state index is 15.1. The summed E-state index contributed by atoms with van der Waals surface area (Å²) in [5, 5.41) is 18.0. The fraction of sp³-hybridized carbons (Fsp3) is 0.433. The van der Waals surface area contributed by atoms with Gasteiger partial charge in [0.2, 0.25) is 5.95 Å². The predicted molar refractivity (Wildman–Crippen MR) is 160 cm³/mol. The van der Waals surface area contributed by atoms with Gasteiger partial charge in [-0.1, -0.05) is 6.92 Å². The van der Waals surface area contributed by atoms with Crippen molar-refractivity contribution in [3.63, 3.8) is 0 Å². The van der Waals surface area contributed by atoms with Gasteiger partial charge in [-0.2, -0.15) is 9.61 Å². The summed E-state index contributed by atoms with van der Waals surface area (Å²) in [5.41, 5.74) is 7.25. The number of hydrogen-bond donors (Lipinski definition) is 3. The third kappa shape index (κ3) is 6.85. The van der Waals surface area contributed by atoms with Gasteiger partial charge in [0.05, 0.1) is 58.9 Å². The fourth-order valence-corrected chi connectivity index (χ4v) is 6.10. The Morgan fingerprint density at radius 1 is 1.16 bits per heavy atom. The maximum absolute atomic E-state index is 15.1. The van der Waals surface area contributed by atoms with Crippen molar-refractivity contribution in [1.82, 2.24) is 19.6 Å². The first-order valence-corrected chi connectivity index (χ1v) is 16.1. The van der Waals surface area contributed by atoms with Gasteiger partial charge in [0.25, 0.3) is 0 Å². The molecule has 0 radical (unpaired) electrons. The Morgan fingerprint density at radius 3 is 2.53 bits per heavy atom. The number of aromatic nitrogens is 4. The molecule has 4 N–H and O–H groups in total. The minimum absolute atomic E-state index is 0.0513. The summed E-state index contributed by atoms with van der Waals surface area (Å²) in [4.78, 5) is 8.73. The molecule has 10 nitrogen and oxygen atoms in total. The van der Waals surface area contributed by atoms with Gasteiger partial charge in [0.1, 0.15) is 21.5 Å². The van der Waals surface area contributed by atoms with E-state index in [0.717, 1.165) is 24.1 Å². The van der Waals surface area contributed by atoms with E-state index in [2.05, 4.69) is 20.4 Å². The van der Waals surface area contributed by atoms with E-state index in [-0.39, 0.29) is 53.2 Å². The van der Waals surface area contributed by atoms with E-state index in [1.807, 2.05) is 13.0 Å². The van der Waals surface area contributed by atoms with Crippen LogP contribution in [-0.2, 0) is 20.2 Å². The van der Waals surface area contributed by atoms with E-state index < -0.39 is 27.1 Å². The second-order valence-corrected chi connectivity index (χ2v) is 14.1. The minimum Gasteiger partial charge on any atom is -0.386 e. The number of rotatable bonds is 9. The Balaban J connectivity index is 1.40. The predicted octanol–water partition coefficient (Wildman–Crippen LogP) is 4.31. The topological polar surface area (TPSA) is 145 Å². The summed E-state index contributed by atoms with van der Waals surface area (Å²) in [5.74, 6) is -1.25. The number of ether oxygens (including phenoxy) is 1. The van der Waals surface area contributed by atoms with Crippen molar-refractivity contribution in [2.24, 2.45) is 11.7 Å². The Hall–Kier alpha value is -3.52. The highest BCUT2D eigenvalue weighted by molar-refractivity contribution is 7.90. The quantitative estimate of drug-likeness (QED) is 0.251. The van der Waals surface area contributed by atoms with Crippen LogP contribution in [0.15, 0.2) is 48.9 Å². The smallest absolute Gasteiger partial charge is 0.229 e. The summed E-state index contributed by atoms with van der Waals surface area (Å²) in [7, 11) is -3.13. The molecule has 0 saturated heterocycles. The third-order valence-electron chi connectivity index (χ3n) is 7.89. The molecular weight excluding hydrogens is 578 g/mol. The third-order valence-corrected chi connectivity index (χ3v) is 8.80. The Bertz CT molecular complexity index is 1710. The van der Waals surface area contributed by atoms with Crippen molar-refractivity contribution in [2.75, 3.05) is 23.9 Å². The van der Waals surface area contributed by atoms with Crippen LogP contribution in [0, 0.1) is 17.6 Å². The van der Waals surface area contributed by atoms with Crippen LogP contribution in [0.4, 0.5) is 20.4 Å². The number of anilines is 2. The molecule has 4 atom stereocenters. The fourth-order valence-electron chi connectivity index (χ4n) is 5.70. The standard InChI is InChI=1S/C30H36F2N6O4S/c1-17-11-18(12-24(33)28(17)42-9-10-43(4,40)41)21-7-8-34-16-26(21)36-29-35-15-20-5-6-25(37-38(20)29)27-22(31)13-19(14-23(27)32)30(2,3)39/h5-8,13-18,24,28,39H,9-12,33H2,1-4H3,(H,35,36)/t17-,18+,24+,28-/m0/s1. The minimum atomic E-state index is -3.13. The van der Waals surface area contributed by atoms with Crippen LogP contribution >= 0.6 is 0 Å². The van der Waals surface area contributed by atoms with Crippen molar-refractivity contribution in [2.45, 2.75) is 57.3 Å². The van der Waals surface area contributed by atoms with Crippen molar-refractivity contribution in [3.8, 4) is 11.3 Å². The molecule has 1 aliphatic carbocycles.